The molecule has 1 amide bonds. The van der Waals surface area contributed by atoms with Gasteiger partial charge >= 0.3 is 0 Å². The maximum Gasteiger partial charge on any atom is 0.273 e. The molecule has 0 N–H and O–H groups in total. The van der Waals surface area contributed by atoms with E-state index in [-0.39, 0.29) is 11.9 Å². The summed E-state index contributed by atoms with van der Waals surface area (Å²) in [6, 6.07) is 5.27. The van der Waals surface area contributed by atoms with Crippen molar-refractivity contribution in [2.24, 2.45) is 0 Å². The first-order valence-electron chi connectivity index (χ1n) is 7.83. The molecule has 0 bridgehead atoms. The number of rotatable bonds is 3. The van der Waals surface area contributed by atoms with Crippen molar-refractivity contribution in [1.29, 1.82) is 0 Å². The van der Waals surface area contributed by atoms with E-state index in [2.05, 4.69) is 24.6 Å². The smallest absolute Gasteiger partial charge is 0.273 e. The Bertz CT molecular complexity index is 841. The highest BCUT2D eigenvalue weighted by atomic mass is 16.2. The average Bonchev–Trinajstić information content (AvgIpc) is 3.27. The fourth-order valence-electron chi connectivity index (χ4n) is 3.08. The van der Waals surface area contributed by atoms with Crippen LogP contribution >= 0.6 is 0 Å². The normalized spacial score (nSPS) is 16.9. The zero-order chi connectivity index (χ0) is 16.5. The highest BCUT2D eigenvalue weighted by Crippen LogP contribution is 2.26. The molecule has 1 aliphatic rings. The Hall–Kier alpha value is -3.03. The Morgan fingerprint density at radius 1 is 1.29 bits per heavy atom. The molecule has 0 unspecified atom stereocenters. The fourth-order valence-corrected chi connectivity index (χ4v) is 3.08. The van der Waals surface area contributed by atoms with Crippen LogP contribution in [0.25, 0.3) is 0 Å². The van der Waals surface area contributed by atoms with E-state index in [0.717, 1.165) is 11.5 Å². The van der Waals surface area contributed by atoms with Gasteiger partial charge in [-0.15, -0.1) is 0 Å². The lowest BCUT2D eigenvalue weighted by Gasteiger charge is -2.34. The Labute approximate surface area is 138 Å². The van der Waals surface area contributed by atoms with Crippen molar-refractivity contribution in [1.82, 2.24) is 34.2 Å². The quantitative estimate of drug-likeness (QED) is 0.722. The standard InChI is InChI=1S/C16H17N7O/c1-12-15-19-8-13(9-21-11-17-10-20-21)23(15)7-6-22(12)16(24)14-4-2-3-5-18-14/h2-5,8,10-12H,6-7,9H2,1H3/t12-/m0/s1. The van der Waals surface area contributed by atoms with Gasteiger partial charge in [-0.3, -0.25) is 9.78 Å². The Balaban J connectivity index is 1.58. The molecule has 3 aromatic heterocycles. The lowest BCUT2D eigenvalue weighted by molar-refractivity contribution is 0.0630. The summed E-state index contributed by atoms with van der Waals surface area (Å²) in [5.41, 5.74) is 1.53. The monoisotopic (exact) mass is 323 g/mol. The fraction of sp³-hybridized carbons (Fsp3) is 0.312. The number of fused-ring (bicyclic) bond motifs is 1. The minimum Gasteiger partial charge on any atom is -0.327 e. The van der Waals surface area contributed by atoms with Crippen molar-refractivity contribution >= 4 is 5.91 Å². The molecule has 24 heavy (non-hydrogen) atoms. The molecule has 8 heteroatoms. The molecule has 0 radical (unpaired) electrons. The van der Waals surface area contributed by atoms with Gasteiger partial charge in [-0.1, -0.05) is 6.07 Å². The number of nitrogens with zero attached hydrogens (tertiary/aromatic N) is 7. The van der Waals surface area contributed by atoms with Crippen LogP contribution in [0.5, 0.6) is 0 Å². The Kier molecular flexibility index (Phi) is 3.56. The summed E-state index contributed by atoms with van der Waals surface area (Å²) in [4.78, 5) is 27.2. The molecule has 0 aliphatic carbocycles. The molecule has 0 spiro atoms. The van der Waals surface area contributed by atoms with Crippen molar-refractivity contribution in [2.45, 2.75) is 26.1 Å². The van der Waals surface area contributed by atoms with Crippen molar-refractivity contribution in [3.05, 3.63) is 60.5 Å². The number of carbonyl (C=O) groups excluding carboxylic acids is 1. The van der Waals surface area contributed by atoms with E-state index in [4.69, 9.17) is 0 Å². The Morgan fingerprint density at radius 2 is 2.21 bits per heavy atom. The molecule has 3 aromatic rings. The van der Waals surface area contributed by atoms with Crippen LogP contribution in [0, 0.1) is 0 Å². The molecule has 4 heterocycles. The van der Waals surface area contributed by atoms with Crippen LogP contribution in [0.1, 0.15) is 35.0 Å². The van der Waals surface area contributed by atoms with Gasteiger partial charge in [0.2, 0.25) is 0 Å². The van der Waals surface area contributed by atoms with Crippen molar-refractivity contribution in [3.63, 3.8) is 0 Å². The lowest BCUT2D eigenvalue weighted by Crippen LogP contribution is -2.41. The van der Waals surface area contributed by atoms with E-state index in [0.29, 0.717) is 25.3 Å². The summed E-state index contributed by atoms with van der Waals surface area (Å²) in [6.07, 6.45) is 6.69. The second kappa shape index (κ2) is 5.88. The summed E-state index contributed by atoms with van der Waals surface area (Å²) >= 11 is 0. The van der Waals surface area contributed by atoms with Crippen molar-refractivity contribution in [2.75, 3.05) is 6.54 Å². The lowest BCUT2D eigenvalue weighted by atomic mass is 10.2. The molecule has 0 saturated heterocycles. The van der Waals surface area contributed by atoms with Gasteiger partial charge in [-0.2, -0.15) is 5.10 Å². The average molecular weight is 323 g/mol. The molecule has 0 aromatic carbocycles. The van der Waals surface area contributed by atoms with E-state index < -0.39 is 0 Å². The SMILES string of the molecule is C[C@H]1c2ncc(Cn3cncn3)n2CCN1C(=O)c1ccccn1. The van der Waals surface area contributed by atoms with Crippen LogP contribution in [0.4, 0.5) is 0 Å². The van der Waals surface area contributed by atoms with E-state index in [1.807, 2.05) is 24.1 Å². The molecule has 1 aliphatic heterocycles. The molecular formula is C16H17N7O. The number of carbonyl (C=O) groups is 1. The Morgan fingerprint density at radius 3 is 2.96 bits per heavy atom. The minimum atomic E-state index is -0.0993. The summed E-state index contributed by atoms with van der Waals surface area (Å²) in [6.45, 7) is 3.96. The summed E-state index contributed by atoms with van der Waals surface area (Å²) in [7, 11) is 0. The van der Waals surface area contributed by atoms with E-state index >= 15 is 0 Å². The van der Waals surface area contributed by atoms with Gasteiger partial charge in [-0.05, 0) is 19.1 Å². The van der Waals surface area contributed by atoms with Gasteiger partial charge in [0.1, 0.15) is 24.2 Å². The van der Waals surface area contributed by atoms with Crippen LogP contribution in [-0.4, -0.2) is 46.7 Å². The predicted octanol–water partition coefficient (Wildman–Crippen LogP) is 1.13. The molecular weight excluding hydrogens is 306 g/mol. The van der Waals surface area contributed by atoms with E-state index in [9.17, 15) is 4.79 Å². The highest BCUT2D eigenvalue weighted by molar-refractivity contribution is 5.92. The van der Waals surface area contributed by atoms with Gasteiger partial charge in [0.25, 0.3) is 5.91 Å². The number of pyridine rings is 1. The minimum absolute atomic E-state index is 0.0600. The van der Waals surface area contributed by atoms with E-state index in [1.165, 1.54) is 6.33 Å². The molecule has 8 nitrogen and oxygen atoms in total. The number of hydrogen-bond acceptors (Lipinski definition) is 5. The topological polar surface area (TPSA) is 81.7 Å². The second-order valence-electron chi connectivity index (χ2n) is 5.74. The molecule has 0 saturated carbocycles. The molecule has 0 fully saturated rings. The van der Waals surface area contributed by atoms with Gasteiger partial charge in [-0.25, -0.2) is 14.6 Å². The number of aromatic nitrogens is 6. The number of hydrogen-bond donors (Lipinski definition) is 0. The largest absolute Gasteiger partial charge is 0.327 e. The molecule has 1 atom stereocenters. The third-order valence-electron chi connectivity index (χ3n) is 4.31. The van der Waals surface area contributed by atoms with Gasteiger partial charge in [0.05, 0.1) is 24.5 Å². The van der Waals surface area contributed by atoms with Crippen LogP contribution in [0.2, 0.25) is 0 Å². The van der Waals surface area contributed by atoms with Crippen molar-refractivity contribution < 1.29 is 4.79 Å². The zero-order valence-corrected chi connectivity index (χ0v) is 13.3. The predicted molar refractivity (Wildman–Crippen MR) is 85.0 cm³/mol. The summed E-state index contributed by atoms with van der Waals surface area (Å²) in [5.74, 6) is 0.829. The number of imidazole rings is 1. The summed E-state index contributed by atoms with van der Waals surface area (Å²) < 4.78 is 3.93. The van der Waals surface area contributed by atoms with Gasteiger partial charge < -0.3 is 9.47 Å². The first kappa shape index (κ1) is 14.6. The van der Waals surface area contributed by atoms with Gasteiger partial charge in [0.15, 0.2) is 0 Å². The van der Waals surface area contributed by atoms with Crippen LogP contribution < -0.4 is 0 Å². The molecule has 122 valence electrons. The van der Waals surface area contributed by atoms with Crippen LogP contribution in [0.3, 0.4) is 0 Å². The second-order valence-corrected chi connectivity index (χ2v) is 5.74. The van der Waals surface area contributed by atoms with Crippen LogP contribution in [-0.2, 0) is 13.1 Å². The third kappa shape index (κ3) is 2.45. The third-order valence-corrected chi connectivity index (χ3v) is 4.31. The molecule has 4 rings (SSSR count). The van der Waals surface area contributed by atoms with Crippen molar-refractivity contribution in [3.8, 4) is 0 Å². The maximum atomic E-state index is 12.7. The maximum absolute atomic E-state index is 12.7. The number of amides is 1. The van der Waals surface area contributed by atoms with E-state index in [1.54, 1.807) is 29.3 Å². The van der Waals surface area contributed by atoms with Gasteiger partial charge in [0, 0.05) is 19.3 Å². The zero-order valence-electron chi connectivity index (χ0n) is 13.3. The first-order valence-corrected chi connectivity index (χ1v) is 7.83. The summed E-state index contributed by atoms with van der Waals surface area (Å²) in [5, 5.41) is 4.13. The highest BCUT2D eigenvalue weighted by Gasteiger charge is 2.31. The van der Waals surface area contributed by atoms with Crippen LogP contribution in [0.15, 0.2) is 43.2 Å². The first-order chi connectivity index (χ1) is 11.7.